The number of halogens is 2. The van der Waals surface area contributed by atoms with Crippen molar-refractivity contribution >= 4 is 53.0 Å². The van der Waals surface area contributed by atoms with Crippen LogP contribution in [0.2, 0.25) is 0 Å². The van der Waals surface area contributed by atoms with Crippen LogP contribution in [0.5, 0.6) is 0 Å². The van der Waals surface area contributed by atoms with Crippen LogP contribution in [0.4, 0.5) is 11.4 Å². The van der Waals surface area contributed by atoms with Crippen LogP contribution in [-0.2, 0) is 4.79 Å². The molecule has 2 aliphatic heterocycles. The summed E-state index contributed by atoms with van der Waals surface area (Å²) in [6.45, 7) is 6.58. The molecule has 6 nitrogen and oxygen atoms in total. The highest BCUT2D eigenvalue weighted by Crippen LogP contribution is 2.37. The average Bonchev–Trinajstić information content (AvgIpc) is 3.37. The Balaban J connectivity index is 0.00000144. The molecule has 172 valence electrons. The Morgan fingerprint density at radius 3 is 2.59 bits per heavy atom. The molecular weight excluding hydrogens is 445 g/mol. The fourth-order valence-electron chi connectivity index (χ4n) is 4.97. The number of piperazine rings is 1. The predicted molar refractivity (Wildman–Crippen MR) is 137 cm³/mol. The molecule has 5 rings (SSSR count). The Kier molecular flexibility index (Phi) is 7.93. The first kappa shape index (κ1) is 24.2. The van der Waals surface area contributed by atoms with Crippen LogP contribution in [0.15, 0.2) is 54.7 Å². The molecule has 0 radical (unpaired) electrons. The van der Waals surface area contributed by atoms with Crippen LogP contribution in [-0.4, -0.2) is 61.6 Å². The number of amides is 1. The number of carbonyl (C=O) groups excluding carboxylic acids is 1. The van der Waals surface area contributed by atoms with Crippen molar-refractivity contribution in [3.8, 4) is 0 Å². The second-order valence-corrected chi connectivity index (χ2v) is 8.47. The molecule has 1 aromatic heterocycles. The summed E-state index contributed by atoms with van der Waals surface area (Å²) < 4.78 is 0. The summed E-state index contributed by atoms with van der Waals surface area (Å²) in [6, 6.07) is 17.3. The lowest BCUT2D eigenvalue weighted by Crippen LogP contribution is -2.46. The minimum absolute atomic E-state index is 0. The number of rotatable bonds is 6. The summed E-state index contributed by atoms with van der Waals surface area (Å²) in [5, 5.41) is 1.27. The molecule has 0 saturated carbocycles. The molecule has 1 atom stereocenters. The molecular formula is C24H31Cl2N5O. The number of hydrogen-bond acceptors (Lipinski definition) is 4. The van der Waals surface area contributed by atoms with E-state index < -0.39 is 0 Å². The number of primary amides is 1. The van der Waals surface area contributed by atoms with Crippen LogP contribution < -0.4 is 15.5 Å². The molecule has 3 N–H and O–H groups in total. The lowest BCUT2D eigenvalue weighted by molar-refractivity contribution is -0.116. The van der Waals surface area contributed by atoms with Crippen LogP contribution >= 0.6 is 24.8 Å². The number of nitrogens with two attached hydrogens (primary N) is 1. The van der Waals surface area contributed by atoms with Gasteiger partial charge in [-0.15, -0.1) is 24.8 Å². The van der Waals surface area contributed by atoms with Crippen molar-refractivity contribution in [2.75, 3.05) is 55.6 Å². The fraction of sp³-hybridized carbons (Fsp3) is 0.375. The number of nitrogens with one attached hydrogen (secondary N) is 1. The highest BCUT2D eigenvalue weighted by atomic mass is 35.5. The van der Waals surface area contributed by atoms with Crippen molar-refractivity contribution in [1.29, 1.82) is 0 Å². The molecule has 1 fully saturated rings. The van der Waals surface area contributed by atoms with E-state index >= 15 is 0 Å². The predicted octanol–water partition coefficient (Wildman–Crippen LogP) is 3.61. The highest BCUT2D eigenvalue weighted by molar-refractivity contribution is 5.86. The first-order valence-electron chi connectivity index (χ1n) is 10.8. The normalized spacial score (nSPS) is 18.2. The molecule has 0 unspecified atom stereocenters. The SMILES string of the molecule is Cl.Cl.NC(=O)CN1C[C@H](CCN2CCN(c3ccc4[nH]ccc4c3)CC2)c2ccccc21. The van der Waals surface area contributed by atoms with Crippen molar-refractivity contribution in [3.05, 3.63) is 60.3 Å². The maximum Gasteiger partial charge on any atom is 0.236 e. The van der Waals surface area contributed by atoms with E-state index in [9.17, 15) is 4.79 Å². The van der Waals surface area contributed by atoms with Crippen molar-refractivity contribution in [1.82, 2.24) is 9.88 Å². The second-order valence-electron chi connectivity index (χ2n) is 8.47. The lowest BCUT2D eigenvalue weighted by atomic mass is 9.97. The number of hydrogen-bond donors (Lipinski definition) is 2. The fourth-order valence-corrected chi connectivity index (χ4v) is 4.97. The number of H-pyrrole nitrogens is 1. The third-order valence-electron chi connectivity index (χ3n) is 6.57. The van der Waals surface area contributed by atoms with E-state index in [2.05, 4.69) is 62.1 Å². The third-order valence-corrected chi connectivity index (χ3v) is 6.57. The van der Waals surface area contributed by atoms with Gasteiger partial charge in [0.1, 0.15) is 0 Å². The number of benzene rings is 2. The molecule has 0 spiro atoms. The monoisotopic (exact) mass is 475 g/mol. The van der Waals surface area contributed by atoms with E-state index in [0.717, 1.165) is 45.7 Å². The van der Waals surface area contributed by atoms with E-state index in [0.29, 0.717) is 12.5 Å². The summed E-state index contributed by atoms with van der Waals surface area (Å²) in [5.74, 6) is 0.203. The average molecular weight is 476 g/mol. The summed E-state index contributed by atoms with van der Waals surface area (Å²) in [5.41, 5.74) is 10.5. The smallest absolute Gasteiger partial charge is 0.236 e. The molecule has 0 bridgehead atoms. The quantitative estimate of drug-likeness (QED) is 0.571. The van der Waals surface area contributed by atoms with Gasteiger partial charge in [0.05, 0.1) is 6.54 Å². The van der Waals surface area contributed by atoms with Gasteiger partial charge in [-0.25, -0.2) is 0 Å². The molecule has 1 amide bonds. The van der Waals surface area contributed by atoms with Gasteiger partial charge in [-0.05, 0) is 48.9 Å². The number of fused-ring (bicyclic) bond motifs is 2. The summed E-state index contributed by atoms with van der Waals surface area (Å²) in [6.07, 6.45) is 3.11. The van der Waals surface area contributed by atoms with Crippen LogP contribution in [0.3, 0.4) is 0 Å². The number of aromatic nitrogens is 1. The molecule has 8 heteroatoms. The minimum Gasteiger partial charge on any atom is -0.369 e. The van der Waals surface area contributed by atoms with Gasteiger partial charge >= 0.3 is 0 Å². The van der Waals surface area contributed by atoms with E-state index in [-0.39, 0.29) is 30.7 Å². The minimum atomic E-state index is -0.264. The van der Waals surface area contributed by atoms with Crippen molar-refractivity contribution in [3.63, 3.8) is 0 Å². The van der Waals surface area contributed by atoms with E-state index in [4.69, 9.17) is 5.73 Å². The number of aromatic amines is 1. The summed E-state index contributed by atoms with van der Waals surface area (Å²) >= 11 is 0. The lowest BCUT2D eigenvalue weighted by Gasteiger charge is -2.36. The third kappa shape index (κ3) is 4.98. The van der Waals surface area contributed by atoms with Gasteiger partial charge in [0.2, 0.25) is 5.91 Å². The first-order valence-corrected chi connectivity index (χ1v) is 10.8. The van der Waals surface area contributed by atoms with E-state index in [1.165, 1.54) is 27.8 Å². The van der Waals surface area contributed by atoms with Crippen LogP contribution in [0.1, 0.15) is 17.9 Å². The molecule has 1 saturated heterocycles. The molecule has 3 heterocycles. The number of carbonyl (C=O) groups is 1. The second kappa shape index (κ2) is 10.5. The van der Waals surface area contributed by atoms with Gasteiger partial charge in [-0.3, -0.25) is 9.69 Å². The zero-order chi connectivity index (χ0) is 20.5. The van der Waals surface area contributed by atoms with Gasteiger partial charge < -0.3 is 20.5 Å². The van der Waals surface area contributed by atoms with Gasteiger partial charge in [0.15, 0.2) is 0 Å². The zero-order valence-electron chi connectivity index (χ0n) is 18.1. The van der Waals surface area contributed by atoms with Crippen molar-refractivity contribution < 1.29 is 4.79 Å². The number of anilines is 2. The Bertz CT molecular complexity index is 1050. The summed E-state index contributed by atoms with van der Waals surface area (Å²) in [7, 11) is 0. The number of nitrogens with zero attached hydrogens (tertiary/aromatic N) is 3. The van der Waals surface area contributed by atoms with Gasteiger partial charge in [0.25, 0.3) is 0 Å². The largest absolute Gasteiger partial charge is 0.369 e. The van der Waals surface area contributed by atoms with Gasteiger partial charge in [-0.1, -0.05) is 18.2 Å². The first-order chi connectivity index (χ1) is 14.7. The Morgan fingerprint density at radius 1 is 1.03 bits per heavy atom. The van der Waals surface area contributed by atoms with Gasteiger partial charge in [0, 0.05) is 67.1 Å². The molecule has 3 aromatic rings. The van der Waals surface area contributed by atoms with Crippen molar-refractivity contribution in [2.24, 2.45) is 5.73 Å². The Labute approximate surface area is 201 Å². The van der Waals surface area contributed by atoms with E-state index in [1.807, 2.05) is 12.3 Å². The maximum absolute atomic E-state index is 11.4. The highest BCUT2D eigenvalue weighted by Gasteiger charge is 2.29. The topological polar surface area (TPSA) is 68.6 Å². The molecule has 2 aliphatic rings. The van der Waals surface area contributed by atoms with Crippen molar-refractivity contribution in [2.45, 2.75) is 12.3 Å². The van der Waals surface area contributed by atoms with Crippen LogP contribution in [0.25, 0.3) is 10.9 Å². The molecule has 2 aromatic carbocycles. The molecule has 32 heavy (non-hydrogen) atoms. The molecule has 0 aliphatic carbocycles. The number of para-hydroxylation sites is 1. The Morgan fingerprint density at radius 2 is 1.81 bits per heavy atom. The Hall–Kier alpha value is -2.41. The van der Waals surface area contributed by atoms with Gasteiger partial charge in [-0.2, -0.15) is 0 Å². The zero-order valence-corrected chi connectivity index (χ0v) is 19.7. The standard InChI is InChI=1S/C24H29N5O.2ClH/c25-24(30)17-29-16-19(21-3-1-2-4-23(21)29)8-10-27-11-13-28(14-12-27)20-5-6-22-18(15-20)7-9-26-22;;/h1-7,9,15,19,26H,8,10-14,16-17H2,(H2,25,30);2*1H/t19-;;/m0../s1. The van der Waals surface area contributed by atoms with Crippen LogP contribution in [0, 0.1) is 0 Å². The maximum atomic E-state index is 11.4. The summed E-state index contributed by atoms with van der Waals surface area (Å²) in [4.78, 5) is 21.9. The van der Waals surface area contributed by atoms with E-state index in [1.54, 1.807) is 0 Å².